The average Bonchev–Trinajstić information content (AvgIpc) is 2.64. The predicted molar refractivity (Wildman–Crippen MR) is 48.3 cm³/mol. The summed E-state index contributed by atoms with van der Waals surface area (Å²) in [5.74, 6) is 0. The van der Waals surface area contributed by atoms with E-state index in [1.54, 1.807) is 0 Å². The molecule has 76 valence electrons. The zero-order valence-corrected chi connectivity index (χ0v) is 8.11. The maximum Gasteiger partial charge on any atom is 0.158 e. The van der Waals surface area contributed by atoms with Crippen molar-refractivity contribution in [2.24, 2.45) is 0 Å². The van der Waals surface area contributed by atoms with E-state index in [0.717, 1.165) is 32.1 Å². The minimum atomic E-state index is -0.264. The van der Waals surface area contributed by atoms with E-state index in [9.17, 15) is 5.11 Å². The van der Waals surface area contributed by atoms with Gasteiger partial charge in [0.05, 0.1) is 18.3 Å². The number of aliphatic hydroxyl groups excluding tert-OH is 1. The van der Waals surface area contributed by atoms with E-state index >= 15 is 0 Å². The summed E-state index contributed by atoms with van der Waals surface area (Å²) in [5, 5.41) is 9.53. The van der Waals surface area contributed by atoms with Crippen molar-refractivity contribution < 1.29 is 14.6 Å². The predicted octanol–water partition coefficient (Wildman–Crippen LogP) is 1.44. The molecule has 4 unspecified atom stereocenters. The highest BCUT2D eigenvalue weighted by molar-refractivity contribution is 4.78. The Labute approximate surface area is 79.0 Å². The Morgan fingerprint density at radius 2 is 2.08 bits per heavy atom. The van der Waals surface area contributed by atoms with E-state index in [2.05, 4.69) is 6.92 Å². The third-order valence-corrected chi connectivity index (χ3v) is 2.94. The largest absolute Gasteiger partial charge is 0.390 e. The van der Waals surface area contributed by atoms with Crippen molar-refractivity contribution in [1.82, 2.24) is 0 Å². The van der Waals surface area contributed by atoms with Crippen molar-refractivity contribution in [3.8, 4) is 0 Å². The topological polar surface area (TPSA) is 38.7 Å². The van der Waals surface area contributed by atoms with Crippen LogP contribution in [0, 0.1) is 0 Å². The Bertz CT molecular complexity index is 172. The zero-order chi connectivity index (χ0) is 9.26. The van der Waals surface area contributed by atoms with E-state index in [4.69, 9.17) is 9.47 Å². The maximum absolute atomic E-state index is 9.53. The van der Waals surface area contributed by atoms with E-state index in [1.807, 2.05) is 0 Å². The fraction of sp³-hybridized carbons (Fsp3) is 1.00. The molecule has 1 aliphatic heterocycles. The molecule has 0 amide bonds. The van der Waals surface area contributed by atoms with Gasteiger partial charge >= 0.3 is 0 Å². The number of ether oxygens (including phenoxy) is 2. The molecule has 0 radical (unpaired) electrons. The van der Waals surface area contributed by atoms with Gasteiger partial charge in [-0.1, -0.05) is 0 Å². The molecule has 3 nitrogen and oxygen atoms in total. The van der Waals surface area contributed by atoms with Gasteiger partial charge in [0.2, 0.25) is 0 Å². The Morgan fingerprint density at radius 3 is 2.62 bits per heavy atom. The second kappa shape index (κ2) is 3.95. The molecule has 4 atom stereocenters. The van der Waals surface area contributed by atoms with E-state index in [1.165, 1.54) is 0 Å². The van der Waals surface area contributed by atoms with Crippen LogP contribution in [0.4, 0.5) is 0 Å². The zero-order valence-electron chi connectivity index (χ0n) is 8.11. The van der Waals surface area contributed by atoms with Gasteiger partial charge in [-0.05, 0) is 32.6 Å². The molecule has 1 N–H and O–H groups in total. The van der Waals surface area contributed by atoms with E-state index in [0.29, 0.717) is 6.10 Å². The second-order valence-electron chi connectivity index (χ2n) is 4.13. The molecule has 1 saturated carbocycles. The molecule has 0 aromatic carbocycles. The smallest absolute Gasteiger partial charge is 0.158 e. The van der Waals surface area contributed by atoms with Gasteiger partial charge in [0.15, 0.2) is 6.29 Å². The van der Waals surface area contributed by atoms with Gasteiger partial charge in [0.25, 0.3) is 0 Å². The summed E-state index contributed by atoms with van der Waals surface area (Å²) < 4.78 is 11.2. The number of aliphatic hydroxyl groups is 1. The third kappa shape index (κ3) is 2.22. The second-order valence-corrected chi connectivity index (χ2v) is 4.13. The summed E-state index contributed by atoms with van der Waals surface area (Å²) >= 11 is 0. The average molecular weight is 186 g/mol. The van der Waals surface area contributed by atoms with Gasteiger partial charge < -0.3 is 14.6 Å². The molecule has 0 spiro atoms. The van der Waals surface area contributed by atoms with Crippen molar-refractivity contribution in [3.05, 3.63) is 0 Å². The van der Waals surface area contributed by atoms with Gasteiger partial charge in [-0.25, -0.2) is 0 Å². The molecule has 0 aromatic heterocycles. The van der Waals surface area contributed by atoms with Crippen LogP contribution in [0.3, 0.4) is 0 Å². The normalized spacial score (nSPS) is 45.7. The highest BCUT2D eigenvalue weighted by atomic mass is 16.7. The molecule has 13 heavy (non-hydrogen) atoms. The summed E-state index contributed by atoms with van der Waals surface area (Å²) in [6.45, 7) is 2.06. The van der Waals surface area contributed by atoms with Gasteiger partial charge in [-0.2, -0.15) is 0 Å². The minimum absolute atomic E-state index is 0.0234. The van der Waals surface area contributed by atoms with Crippen LogP contribution in [0.15, 0.2) is 0 Å². The first-order valence-electron chi connectivity index (χ1n) is 5.24. The van der Waals surface area contributed by atoms with Gasteiger partial charge in [0.1, 0.15) is 0 Å². The van der Waals surface area contributed by atoms with Crippen molar-refractivity contribution in [1.29, 1.82) is 0 Å². The molecule has 0 bridgehead atoms. The Morgan fingerprint density at radius 1 is 1.23 bits per heavy atom. The molecular weight excluding hydrogens is 168 g/mol. The molecular formula is C10H18O3. The number of hydrogen-bond donors (Lipinski definition) is 1. The highest BCUT2D eigenvalue weighted by Crippen LogP contribution is 2.27. The van der Waals surface area contributed by atoms with Crippen LogP contribution in [0.5, 0.6) is 0 Å². The summed E-state index contributed by atoms with van der Waals surface area (Å²) in [5.41, 5.74) is 0. The third-order valence-electron chi connectivity index (χ3n) is 2.94. The van der Waals surface area contributed by atoms with Gasteiger partial charge in [0, 0.05) is 6.42 Å². The van der Waals surface area contributed by atoms with E-state index < -0.39 is 0 Å². The number of hydrogen-bond acceptors (Lipinski definition) is 3. The Balaban J connectivity index is 1.77. The summed E-state index contributed by atoms with van der Waals surface area (Å²) in [4.78, 5) is 0. The molecule has 2 rings (SSSR count). The van der Waals surface area contributed by atoms with Crippen LogP contribution in [0.2, 0.25) is 0 Å². The lowest BCUT2D eigenvalue weighted by Crippen LogP contribution is -2.28. The van der Waals surface area contributed by atoms with Crippen LogP contribution in [0.1, 0.15) is 39.0 Å². The summed E-state index contributed by atoms with van der Waals surface area (Å²) in [7, 11) is 0. The Kier molecular flexibility index (Phi) is 2.86. The molecule has 2 fully saturated rings. The first kappa shape index (κ1) is 9.44. The van der Waals surface area contributed by atoms with Crippen molar-refractivity contribution in [2.75, 3.05) is 0 Å². The summed E-state index contributed by atoms with van der Waals surface area (Å²) in [6.07, 6.45) is 5.01. The van der Waals surface area contributed by atoms with Crippen molar-refractivity contribution in [3.63, 3.8) is 0 Å². The minimum Gasteiger partial charge on any atom is -0.390 e. The monoisotopic (exact) mass is 186 g/mol. The molecule has 1 saturated heterocycles. The van der Waals surface area contributed by atoms with Gasteiger partial charge in [-0.15, -0.1) is 0 Å². The first-order chi connectivity index (χ1) is 6.25. The quantitative estimate of drug-likeness (QED) is 0.709. The van der Waals surface area contributed by atoms with Crippen LogP contribution in [-0.2, 0) is 9.47 Å². The van der Waals surface area contributed by atoms with Crippen molar-refractivity contribution >= 4 is 0 Å². The molecule has 3 heteroatoms. The van der Waals surface area contributed by atoms with E-state index in [-0.39, 0.29) is 18.5 Å². The van der Waals surface area contributed by atoms with Gasteiger partial charge in [-0.3, -0.25) is 0 Å². The van der Waals surface area contributed by atoms with Crippen molar-refractivity contribution in [2.45, 2.75) is 63.6 Å². The lowest BCUT2D eigenvalue weighted by Gasteiger charge is -2.20. The molecule has 2 aliphatic rings. The molecule has 1 heterocycles. The number of rotatable bonds is 2. The maximum atomic E-state index is 9.53. The standard InChI is InChI=1S/C10H18O3/c1-7-5-6-10(12-7)13-9-4-2-3-8(9)11/h7-11H,2-6H2,1H3. The van der Waals surface area contributed by atoms with Crippen LogP contribution >= 0.6 is 0 Å². The fourth-order valence-corrected chi connectivity index (χ4v) is 2.13. The van der Waals surface area contributed by atoms with Crippen LogP contribution in [-0.4, -0.2) is 29.7 Å². The first-order valence-corrected chi connectivity index (χ1v) is 5.24. The fourth-order valence-electron chi connectivity index (χ4n) is 2.13. The lowest BCUT2D eigenvalue weighted by atomic mass is 10.2. The lowest BCUT2D eigenvalue weighted by molar-refractivity contribution is -0.175. The SMILES string of the molecule is CC1CCC(OC2CCCC2O)O1. The molecule has 1 aliphatic carbocycles. The molecule has 0 aromatic rings. The summed E-state index contributed by atoms with van der Waals surface area (Å²) in [6, 6.07) is 0. The van der Waals surface area contributed by atoms with Crippen LogP contribution < -0.4 is 0 Å². The highest BCUT2D eigenvalue weighted by Gasteiger charge is 2.31. The Hall–Kier alpha value is -0.120. The van der Waals surface area contributed by atoms with Crippen LogP contribution in [0.25, 0.3) is 0 Å².